The third kappa shape index (κ3) is 7.99. The molecule has 9 nitrogen and oxygen atoms in total. The van der Waals surface area contributed by atoms with Gasteiger partial charge in [0.2, 0.25) is 10.0 Å². The van der Waals surface area contributed by atoms with E-state index >= 15 is 0 Å². The average molecular weight is 652 g/mol. The van der Waals surface area contributed by atoms with Crippen molar-refractivity contribution in [1.29, 1.82) is 0 Å². The second-order valence-corrected chi connectivity index (χ2v) is 13.6. The number of likely N-dealkylation sites (tertiary alicyclic amines) is 1. The summed E-state index contributed by atoms with van der Waals surface area (Å²) < 4.78 is 42.0. The number of aryl methyl sites for hydroxylation is 2. The maximum atomic E-state index is 13.6. The monoisotopic (exact) mass is 651 g/mol. The normalized spacial score (nSPS) is 15.2. The number of hydrogen-bond donors (Lipinski definition) is 1. The number of halogens is 1. The van der Waals surface area contributed by atoms with Gasteiger partial charge >= 0.3 is 6.09 Å². The van der Waals surface area contributed by atoms with Crippen LogP contribution in [-0.2, 0) is 27.9 Å². The number of carbonyl (C=O) groups is 2. The van der Waals surface area contributed by atoms with Gasteiger partial charge in [-0.25, -0.2) is 17.9 Å². The zero-order chi connectivity index (χ0) is 32.0. The summed E-state index contributed by atoms with van der Waals surface area (Å²) in [7, 11) is -4.02. The van der Waals surface area contributed by atoms with Crippen LogP contribution in [0.4, 0.5) is 4.79 Å². The van der Waals surface area contributed by atoms with E-state index in [0.717, 1.165) is 34.9 Å². The average Bonchev–Trinajstić information content (AvgIpc) is 3.30. The Hall–Kier alpha value is -4.02. The number of nitrogens with zero attached hydrogens (tertiary/aromatic N) is 2. The molecule has 238 valence electrons. The van der Waals surface area contributed by atoms with Crippen LogP contribution >= 0.6 is 11.6 Å². The van der Waals surface area contributed by atoms with Crippen LogP contribution in [0.1, 0.15) is 52.9 Å². The Balaban J connectivity index is 1.27. The number of aromatic nitrogens is 1. The smallest absolute Gasteiger partial charge is 0.410 e. The SMILES string of the molecule is Cc1ccc2c(c1)c(C)c(C(=O)NS(=O)(=O)CC[C@@H]1CCCCN1C(=O)OCc1ccccc1)n2CCOc1ccccc1Cl. The fraction of sp³-hybridized carbons (Fsp3) is 0.353. The molecule has 1 atom stereocenters. The van der Waals surface area contributed by atoms with Gasteiger partial charge in [0.05, 0.1) is 17.3 Å². The van der Waals surface area contributed by atoms with Gasteiger partial charge in [-0.1, -0.05) is 65.7 Å². The number of carbonyl (C=O) groups excluding carboxylic acids is 2. The Morgan fingerprint density at radius 3 is 2.53 bits per heavy atom. The standard InChI is InChI=1S/C34H38ClN3O6S/c1-24-15-16-30-28(22-24)25(2)32(38(30)19-20-43-31-14-7-6-13-29(31)35)33(39)36-45(41,42)21-17-27-12-8-9-18-37(27)34(40)44-23-26-10-4-3-5-11-26/h3-7,10-11,13-16,22,27H,8-9,12,17-21,23H2,1-2H3,(H,36,39)/t27-/m0/s1. The largest absolute Gasteiger partial charge is 0.490 e. The van der Waals surface area contributed by atoms with Crippen molar-refractivity contribution in [3.8, 4) is 5.75 Å². The molecular formula is C34H38ClN3O6S. The minimum absolute atomic E-state index is 0.146. The van der Waals surface area contributed by atoms with Gasteiger partial charge in [0, 0.05) is 23.5 Å². The minimum atomic E-state index is -4.02. The lowest BCUT2D eigenvalue weighted by molar-refractivity contribution is 0.0672. The number of nitrogens with one attached hydrogen (secondary N) is 1. The summed E-state index contributed by atoms with van der Waals surface area (Å²) in [6.45, 7) is 4.94. The van der Waals surface area contributed by atoms with Gasteiger partial charge < -0.3 is 18.9 Å². The number of fused-ring (bicyclic) bond motifs is 1. The fourth-order valence-electron chi connectivity index (χ4n) is 5.84. The number of ether oxygens (including phenoxy) is 2. The number of para-hydroxylation sites is 1. The van der Waals surface area contributed by atoms with Crippen LogP contribution in [0, 0.1) is 13.8 Å². The molecule has 0 aliphatic carbocycles. The molecule has 45 heavy (non-hydrogen) atoms. The lowest BCUT2D eigenvalue weighted by atomic mass is 10.0. The highest BCUT2D eigenvalue weighted by atomic mass is 35.5. The maximum Gasteiger partial charge on any atom is 0.410 e. The molecule has 1 fully saturated rings. The molecule has 1 saturated heterocycles. The first-order chi connectivity index (χ1) is 21.6. The number of sulfonamides is 1. The molecule has 1 aliphatic rings. The van der Waals surface area contributed by atoms with E-state index in [1.54, 1.807) is 21.6 Å². The van der Waals surface area contributed by atoms with Crippen LogP contribution in [0.2, 0.25) is 5.02 Å². The molecule has 0 spiro atoms. The van der Waals surface area contributed by atoms with Crippen LogP contribution in [0.25, 0.3) is 10.9 Å². The molecule has 1 aliphatic heterocycles. The Labute approximate surface area is 269 Å². The van der Waals surface area contributed by atoms with E-state index in [2.05, 4.69) is 4.72 Å². The lowest BCUT2D eigenvalue weighted by Crippen LogP contribution is -2.45. The van der Waals surface area contributed by atoms with E-state index < -0.39 is 22.0 Å². The van der Waals surface area contributed by atoms with Crippen molar-refractivity contribution in [3.05, 3.63) is 100 Å². The van der Waals surface area contributed by atoms with Crippen LogP contribution in [0.5, 0.6) is 5.75 Å². The third-order valence-electron chi connectivity index (χ3n) is 8.13. The van der Waals surface area contributed by atoms with E-state index in [1.165, 1.54) is 0 Å². The number of piperidine rings is 1. The van der Waals surface area contributed by atoms with Crippen LogP contribution < -0.4 is 9.46 Å². The highest BCUT2D eigenvalue weighted by Gasteiger charge is 2.30. The Kier molecular flexibility index (Phi) is 10.4. The van der Waals surface area contributed by atoms with E-state index in [1.807, 2.05) is 74.5 Å². The molecular weight excluding hydrogens is 614 g/mol. The van der Waals surface area contributed by atoms with Crippen molar-refractivity contribution in [3.63, 3.8) is 0 Å². The molecule has 1 aromatic heterocycles. The van der Waals surface area contributed by atoms with E-state index in [4.69, 9.17) is 21.1 Å². The maximum absolute atomic E-state index is 13.6. The fourth-order valence-corrected chi connectivity index (χ4v) is 7.10. The molecule has 5 rings (SSSR count). The van der Waals surface area contributed by atoms with Crippen LogP contribution in [0.15, 0.2) is 72.8 Å². The van der Waals surface area contributed by atoms with E-state index in [-0.39, 0.29) is 37.1 Å². The van der Waals surface area contributed by atoms with E-state index in [9.17, 15) is 18.0 Å². The summed E-state index contributed by atoms with van der Waals surface area (Å²) in [6, 6.07) is 22.1. The Morgan fingerprint density at radius 1 is 1.00 bits per heavy atom. The topological polar surface area (TPSA) is 107 Å². The van der Waals surface area contributed by atoms with Crippen LogP contribution in [-0.4, -0.2) is 54.8 Å². The lowest BCUT2D eigenvalue weighted by Gasteiger charge is -2.34. The predicted molar refractivity (Wildman–Crippen MR) is 175 cm³/mol. The van der Waals surface area contributed by atoms with Crippen molar-refractivity contribution in [1.82, 2.24) is 14.2 Å². The molecule has 2 amide bonds. The molecule has 2 heterocycles. The van der Waals surface area contributed by atoms with Crippen LogP contribution in [0.3, 0.4) is 0 Å². The van der Waals surface area contributed by atoms with Gasteiger partial charge in [-0.05, 0) is 74.9 Å². The molecule has 0 radical (unpaired) electrons. The second kappa shape index (κ2) is 14.4. The van der Waals surface area contributed by atoms with Gasteiger partial charge in [0.25, 0.3) is 5.91 Å². The third-order valence-corrected chi connectivity index (χ3v) is 9.71. The van der Waals surface area contributed by atoms with Crippen molar-refractivity contribution in [2.24, 2.45) is 0 Å². The van der Waals surface area contributed by atoms with Gasteiger partial charge in [0.15, 0.2) is 0 Å². The highest BCUT2D eigenvalue weighted by molar-refractivity contribution is 7.90. The quantitative estimate of drug-likeness (QED) is 0.195. The number of hydrogen-bond acceptors (Lipinski definition) is 6. The zero-order valence-electron chi connectivity index (χ0n) is 25.5. The Morgan fingerprint density at radius 2 is 1.76 bits per heavy atom. The van der Waals surface area contributed by atoms with Gasteiger partial charge in [0.1, 0.15) is 24.7 Å². The summed E-state index contributed by atoms with van der Waals surface area (Å²) in [5.74, 6) is -0.487. The minimum Gasteiger partial charge on any atom is -0.490 e. The predicted octanol–water partition coefficient (Wildman–Crippen LogP) is 6.63. The molecule has 1 N–H and O–H groups in total. The molecule has 0 bridgehead atoms. The van der Waals surface area contributed by atoms with Gasteiger partial charge in [-0.2, -0.15) is 0 Å². The molecule has 0 saturated carbocycles. The zero-order valence-corrected chi connectivity index (χ0v) is 27.1. The first kappa shape index (κ1) is 32.4. The number of rotatable bonds is 11. The first-order valence-electron chi connectivity index (χ1n) is 15.1. The second-order valence-electron chi connectivity index (χ2n) is 11.3. The number of amides is 2. The van der Waals surface area contributed by atoms with Crippen molar-refractivity contribution in [2.45, 2.75) is 58.7 Å². The summed E-state index contributed by atoms with van der Waals surface area (Å²) >= 11 is 6.24. The van der Waals surface area contributed by atoms with Gasteiger partial charge in [-0.15, -0.1) is 0 Å². The molecule has 3 aromatic carbocycles. The molecule has 4 aromatic rings. The van der Waals surface area contributed by atoms with Gasteiger partial charge in [-0.3, -0.25) is 4.79 Å². The van der Waals surface area contributed by atoms with Crippen molar-refractivity contribution >= 4 is 44.5 Å². The number of benzene rings is 3. The van der Waals surface area contributed by atoms with E-state index in [0.29, 0.717) is 35.8 Å². The summed E-state index contributed by atoms with van der Waals surface area (Å²) in [5, 5.41) is 1.34. The molecule has 11 heteroatoms. The van der Waals surface area contributed by atoms with Crippen molar-refractivity contribution < 1.29 is 27.5 Å². The summed E-state index contributed by atoms with van der Waals surface area (Å²) in [6.07, 6.45) is 2.11. The highest BCUT2D eigenvalue weighted by Crippen LogP contribution is 2.28. The first-order valence-corrected chi connectivity index (χ1v) is 17.1. The Bertz CT molecular complexity index is 1770. The summed E-state index contributed by atoms with van der Waals surface area (Å²) in [5.41, 5.74) is 3.64. The van der Waals surface area contributed by atoms with Crippen molar-refractivity contribution in [2.75, 3.05) is 18.9 Å². The summed E-state index contributed by atoms with van der Waals surface area (Å²) in [4.78, 5) is 28.2. The molecule has 0 unspecified atom stereocenters.